The monoisotopic (exact) mass is 237 g/mol. The highest BCUT2D eigenvalue weighted by Crippen LogP contribution is 2.29. The van der Waals surface area contributed by atoms with Crippen molar-refractivity contribution in [1.29, 1.82) is 0 Å². The van der Waals surface area contributed by atoms with Gasteiger partial charge >= 0.3 is 0 Å². The molecule has 1 atom stereocenters. The van der Waals surface area contributed by atoms with Crippen molar-refractivity contribution < 1.29 is 9.15 Å². The summed E-state index contributed by atoms with van der Waals surface area (Å²) in [6, 6.07) is 8.67. The number of hydrogen-bond donors (Lipinski definition) is 1. The molecule has 2 rings (SSSR count). The van der Waals surface area contributed by atoms with Crippen molar-refractivity contribution in [3.8, 4) is 5.75 Å². The summed E-state index contributed by atoms with van der Waals surface area (Å²) in [7, 11) is 1.60. The molecule has 0 aliphatic heterocycles. The molecule has 1 aromatic heterocycles. The van der Waals surface area contributed by atoms with Crippen LogP contribution in [0.25, 0.3) is 0 Å². The number of rotatable bonds is 3. The van der Waals surface area contributed by atoms with Gasteiger partial charge in [-0.1, -0.05) is 17.7 Å². The quantitative estimate of drug-likeness (QED) is 0.893. The predicted octanol–water partition coefficient (Wildman–Crippen LogP) is 2.99. The average molecular weight is 238 g/mol. The summed E-state index contributed by atoms with van der Waals surface area (Å²) in [6.45, 7) is 0. The summed E-state index contributed by atoms with van der Waals surface area (Å²) in [6.07, 6.45) is 1.59. The first-order chi connectivity index (χ1) is 7.72. The molecule has 0 aliphatic rings. The van der Waals surface area contributed by atoms with Crippen molar-refractivity contribution >= 4 is 11.6 Å². The van der Waals surface area contributed by atoms with Gasteiger partial charge in [0.1, 0.15) is 11.5 Å². The Bertz CT molecular complexity index is 468. The van der Waals surface area contributed by atoms with Gasteiger partial charge in [-0.15, -0.1) is 0 Å². The van der Waals surface area contributed by atoms with Crippen LogP contribution in [0.2, 0.25) is 5.02 Å². The van der Waals surface area contributed by atoms with E-state index in [9.17, 15) is 0 Å². The highest BCUT2D eigenvalue weighted by atomic mass is 35.5. The lowest BCUT2D eigenvalue weighted by Crippen LogP contribution is -2.11. The first-order valence-electron chi connectivity index (χ1n) is 4.85. The van der Waals surface area contributed by atoms with Crippen molar-refractivity contribution in [2.24, 2.45) is 5.73 Å². The lowest BCUT2D eigenvalue weighted by atomic mass is 10.1. The second kappa shape index (κ2) is 4.60. The highest BCUT2D eigenvalue weighted by Gasteiger charge is 2.15. The topological polar surface area (TPSA) is 48.4 Å². The molecular formula is C12H12ClNO2. The Morgan fingerprint density at radius 3 is 2.75 bits per heavy atom. The third-order valence-corrected chi connectivity index (χ3v) is 2.72. The van der Waals surface area contributed by atoms with Crippen LogP contribution in [-0.4, -0.2) is 7.11 Å². The van der Waals surface area contributed by atoms with E-state index < -0.39 is 0 Å². The maximum atomic E-state index is 6.12. The minimum atomic E-state index is -0.353. The van der Waals surface area contributed by atoms with Gasteiger partial charge < -0.3 is 14.9 Å². The Morgan fingerprint density at radius 2 is 2.19 bits per heavy atom. The van der Waals surface area contributed by atoms with E-state index in [-0.39, 0.29) is 6.04 Å². The fraction of sp³-hybridized carbons (Fsp3) is 0.167. The number of benzene rings is 1. The molecule has 0 aliphatic carbocycles. The third kappa shape index (κ3) is 2.05. The van der Waals surface area contributed by atoms with E-state index in [2.05, 4.69) is 0 Å². The summed E-state index contributed by atoms with van der Waals surface area (Å²) in [5, 5.41) is 0.572. The van der Waals surface area contributed by atoms with E-state index in [1.165, 1.54) is 0 Å². The van der Waals surface area contributed by atoms with E-state index in [0.717, 1.165) is 5.56 Å². The molecule has 0 radical (unpaired) electrons. The van der Waals surface area contributed by atoms with Crippen molar-refractivity contribution in [3.05, 3.63) is 52.9 Å². The standard InChI is InChI=1S/C12H12ClNO2/c1-15-8-4-5-9(10(13)7-8)12(14)11-3-2-6-16-11/h2-7,12H,14H2,1H3. The minimum Gasteiger partial charge on any atom is -0.497 e. The fourth-order valence-corrected chi connectivity index (χ4v) is 1.80. The molecule has 2 aromatic rings. The van der Waals surface area contributed by atoms with E-state index in [0.29, 0.717) is 16.5 Å². The lowest BCUT2D eigenvalue weighted by Gasteiger charge is -2.12. The molecule has 16 heavy (non-hydrogen) atoms. The number of ether oxygens (including phenoxy) is 1. The number of furan rings is 1. The molecule has 3 nitrogen and oxygen atoms in total. The Hall–Kier alpha value is -1.45. The molecule has 84 valence electrons. The molecule has 0 saturated carbocycles. The van der Waals surface area contributed by atoms with Gasteiger partial charge in [-0.3, -0.25) is 0 Å². The van der Waals surface area contributed by atoms with Crippen molar-refractivity contribution in [3.63, 3.8) is 0 Å². The van der Waals surface area contributed by atoms with Gasteiger partial charge in [-0.05, 0) is 29.8 Å². The maximum absolute atomic E-state index is 6.12. The predicted molar refractivity (Wildman–Crippen MR) is 62.7 cm³/mol. The minimum absolute atomic E-state index is 0.353. The Morgan fingerprint density at radius 1 is 1.38 bits per heavy atom. The molecule has 2 N–H and O–H groups in total. The Labute approximate surface area is 98.8 Å². The molecule has 1 unspecified atom stereocenters. The Kier molecular flexibility index (Phi) is 3.17. The average Bonchev–Trinajstić information content (AvgIpc) is 2.81. The van der Waals surface area contributed by atoms with Crippen LogP contribution in [-0.2, 0) is 0 Å². The molecule has 1 aromatic carbocycles. The number of nitrogens with two attached hydrogens (primary N) is 1. The second-order valence-corrected chi connectivity index (χ2v) is 3.79. The van der Waals surface area contributed by atoms with E-state index in [1.54, 1.807) is 25.5 Å². The SMILES string of the molecule is COc1ccc(C(N)c2ccco2)c(Cl)c1. The molecule has 1 heterocycles. The van der Waals surface area contributed by atoms with Gasteiger partial charge in [0, 0.05) is 5.02 Å². The smallest absolute Gasteiger partial charge is 0.125 e. The van der Waals surface area contributed by atoms with E-state index in [1.807, 2.05) is 18.2 Å². The van der Waals surface area contributed by atoms with E-state index >= 15 is 0 Å². The summed E-state index contributed by atoms with van der Waals surface area (Å²) < 4.78 is 10.3. The van der Waals surface area contributed by atoms with Crippen molar-refractivity contribution in [2.75, 3.05) is 7.11 Å². The van der Waals surface area contributed by atoms with Gasteiger partial charge in [0.05, 0.1) is 19.4 Å². The van der Waals surface area contributed by atoms with Crippen LogP contribution in [0.15, 0.2) is 41.0 Å². The molecule has 0 saturated heterocycles. The zero-order chi connectivity index (χ0) is 11.5. The lowest BCUT2D eigenvalue weighted by molar-refractivity contribution is 0.414. The first-order valence-corrected chi connectivity index (χ1v) is 5.22. The van der Waals surface area contributed by atoms with Gasteiger partial charge in [0.25, 0.3) is 0 Å². The van der Waals surface area contributed by atoms with Crippen molar-refractivity contribution in [2.45, 2.75) is 6.04 Å². The van der Waals surface area contributed by atoms with Crippen LogP contribution in [0.5, 0.6) is 5.75 Å². The molecular weight excluding hydrogens is 226 g/mol. The second-order valence-electron chi connectivity index (χ2n) is 3.38. The zero-order valence-electron chi connectivity index (χ0n) is 8.81. The third-order valence-electron chi connectivity index (χ3n) is 2.39. The van der Waals surface area contributed by atoms with Gasteiger partial charge in [0.15, 0.2) is 0 Å². The Balaban J connectivity index is 2.34. The van der Waals surface area contributed by atoms with E-state index in [4.69, 9.17) is 26.5 Å². The summed E-state index contributed by atoms with van der Waals surface area (Å²) in [4.78, 5) is 0. The largest absolute Gasteiger partial charge is 0.497 e. The van der Waals surface area contributed by atoms with Crippen LogP contribution < -0.4 is 10.5 Å². The van der Waals surface area contributed by atoms with Crippen molar-refractivity contribution in [1.82, 2.24) is 0 Å². The van der Waals surface area contributed by atoms with Crippen LogP contribution in [0.3, 0.4) is 0 Å². The first kappa shape index (κ1) is 11.0. The van der Waals surface area contributed by atoms with Crippen LogP contribution in [0, 0.1) is 0 Å². The van der Waals surface area contributed by atoms with Crippen LogP contribution >= 0.6 is 11.6 Å². The maximum Gasteiger partial charge on any atom is 0.125 e. The van der Waals surface area contributed by atoms with Gasteiger partial charge in [-0.2, -0.15) is 0 Å². The number of hydrogen-bond acceptors (Lipinski definition) is 3. The molecule has 0 amide bonds. The van der Waals surface area contributed by atoms with Gasteiger partial charge in [-0.25, -0.2) is 0 Å². The summed E-state index contributed by atoms with van der Waals surface area (Å²) in [5.41, 5.74) is 6.85. The summed E-state index contributed by atoms with van der Waals surface area (Å²) >= 11 is 6.12. The highest BCUT2D eigenvalue weighted by molar-refractivity contribution is 6.31. The molecule has 0 spiro atoms. The number of halogens is 1. The molecule has 4 heteroatoms. The van der Waals surface area contributed by atoms with Gasteiger partial charge in [0.2, 0.25) is 0 Å². The summed E-state index contributed by atoms with van der Waals surface area (Å²) in [5.74, 6) is 1.40. The molecule has 0 fully saturated rings. The molecule has 0 bridgehead atoms. The van der Waals surface area contributed by atoms with Crippen LogP contribution in [0.1, 0.15) is 17.4 Å². The fourth-order valence-electron chi connectivity index (χ4n) is 1.51. The normalized spacial score (nSPS) is 12.4. The van der Waals surface area contributed by atoms with Crippen LogP contribution in [0.4, 0.5) is 0 Å². The number of methoxy groups -OCH3 is 1. The zero-order valence-corrected chi connectivity index (χ0v) is 9.57.